The third kappa shape index (κ3) is 5.97. The number of benzene rings is 4. The maximum Gasteiger partial charge on any atom is 0.352 e. The molecule has 4 rings (SSSR count). The van der Waals surface area contributed by atoms with Gasteiger partial charge in [0.1, 0.15) is 11.4 Å². The van der Waals surface area contributed by atoms with Crippen molar-refractivity contribution in [2.75, 3.05) is 0 Å². The summed E-state index contributed by atoms with van der Waals surface area (Å²) in [5.74, 6) is -2.18. The number of carbonyl (C=O) groups is 3. The van der Waals surface area contributed by atoms with Crippen molar-refractivity contribution < 1.29 is 24.6 Å². The molecule has 4 N–H and O–H groups in total. The molecular formula is C28H21BrN2O5. The fourth-order valence-electron chi connectivity index (χ4n) is 3.60. The Morgan fingerprint density at radius 1 is 0.833 bits per heavy atom. The number of amides is 2. The number of fused-ring (bicyclic) bond motifs is 1. The first-order chi connectivity index (χ1) is 17.3. The van der Waals surface area contributed by atoms with Crippen molar-refractivity contribution in [1.82, 2.24) is 10.6 Å². The molecule has 0 fully saturated rings. The lowest BCUT2D eigenvalue weighted by atomic mass is 10.1. The summed E-state index contributed by atoms with van der Waals surface area (Å²) in [5.41, 5.74) is 1.56. The van der Waals surface area contributed by atoms with Crippen molar-refractivity contribution >= 4 is 50.6 Å². The Labute approximate surface area is 215 Å². The highest BCUT2D eigenvalue weighted by Gasteiger charge is 2.17. The minimum Gasteiger partial charge on any atom is -0.508 e. The van der Waals surface area contributed by atoms with Crippen LogP contribution >= 0.6 is 15.9 Å². The Morgan fingerprint density at radius 2 is 1.61 bits per heavy atom. The van der Waals surface area contributed by atoms with E-state index in [9.17, 15) is 24.6 Å². The summed E-state index contributed by atoms with van der Waals surface area (Å²) < 4.78 is 0.334. The minimum absolute atomic E-state index is 0.107. The molecule has 4 aromatic carbocycles. The van der Waals surface area contributed by atoms with Gasteiger partial charge in [-0.3, -0.25) is 9.59 Å². The zero-order chi connectivity index (χ0) is 25.7. The van der Waals surface area contributed by atoms with Crippen molar-refractivity contribution in [2.45, 2.75) is 6.54 Å². The Balaban J connectivity index is 1.48. The molecular weight excluding hydrogens is 524 g/mol. The monoisotopic (exact) mass is 544 g/mol. The molecule has 0 saturated carbocycles. The maximum atomic E-state index is 12.8. The van der Waals surface area contributed by atoms with Crippen LogP contribution in [0.3, 0.4) is 0 Å². The van der Waals surface area contributed by atoms with Gasteiger partial charge < -0.3 is 20.8 Å². The first-order valence-corrected chi connectivity index (χ1v) is 11.7. The highest BCUT2D eigenvalue weighted by molar-refractivity contribution is 9.10. The summed E-state index contributed by atoms with van der Waals surface area (Å²) in [5, 5.41) is 26.3. The second-order valence-electron chi connectivity index (χ2n) is 7.97. The molecule has 0 unspecified atom stereocenters. The van der Waals surface area contributed by atoms with Crippen LogP contribution < -0.4 is 10.6 Å². The molecule has 7 nitrogen and oxygen atoms in total. The first-order valence-electron chi connectivity index (χ1n) is 10.9. The van der Waals surface area contributed by atoms with Gasteiger partial charge in [-0.25, -0.2) is 4.79 Å². The van der Waals surface area contributed by atoms with Crippen molar-refractivity contribution in [3.63, 3.8) is 0 Å². The summed E-state index contributed by atoms with van der Waals surface area (Å²) in [6.45, 7) is 0.217. The standard InChI is InChI=1S/C28H21BrN2O5/c29-24-15-21(26(33)30-16-18-4-3-7-22(32)13-18)10-11-23(24)27(34)31-25(28(35)36)14-17-8-9-19-5-1-2-6-20(19)12-17/h1-15,32H,16H2,(H,30,33)(H,31,34)(H,35,36)/b25-14-. The number of hydrogen-bond acceptors (Lipinski definition) is 4. The highest BCUT2D eigenvalue weighted by Crippen LogP contribution is 2.21. The van der Waals surface area contributed by atoms with Gasteiger partial charge in [-0.15, -0.1) is 0 Å². The van der Waals surface area contributed by atoms with Crippen molar-refractivity contribution in [1.29, 1.82) is 0 Å². The molecule has 0 heterocycles. The molecule has 0 spiro atoms. The van der Waals surface area contributed by atoms with Gasteiger partial charge in [0.15, 0.2) is 0 Å². The number of aromatic hydroxyl groups is 1. The van der Waals surface area contributed by atoms with Crippen LogP contribution in [0.15, 0.2) is 95.1 Å². The highest BCUT2D eigenvalue weighted by atomic mass is 79.9. The predicted octanol–water partition coefficient (Wildman–Crippen LogP) is 5.09. The zero-order valence-electron chi connectivity index (χ0n) is 18.9. The topological polar surface area (TPSA) is 116 Å². The number of rotatable bonds is 7. The summed E-state index contributed by atoms with van der Waals surface area (Å²) in [7, 11) is 0. The van der Waals surface area contributed by atoms with E-state index in [1.807, 2.05) is 36.4 Å². The van der Waals surface area contributed by atoms with Gasteiger partial charge >= 0.3 is 5.97 Å². The Kier molecular flexibility index (Phi) is 7.46. The van der Waals surface area contributed by atoms with E-state index in [-0.39, 0.29) is 29.5 Å². The summed E-state index contributed by atoms with van der Waals surface area (Å²) >= 11 is 3.30. The smallest absolute Gasteiger partial charge is 0.352 e. The zero-order valence-corrected chi connectivity index (χ0v) is 20.5. The largest absolute Gasteiger partial charge is 0.508 e. The van der Waals surface area contributed by atoms with Crippen molar-refractivity contribution in [3.8, 4) is 5.75 Å². The number of carbonyl (C=O) groups excluding carboxylic acids is 2. The number of phenolic OH excluding ortho intramolecular Hbond substituents is 1. The van der Waals surface area contributed by atoms with Crippen molar-refractivity contribution in [3.05, 3.63) is 117 Å². The fourth-order valence-corrected chi connectivity index (χ4v) is 4.16. The minimum atomic E-state index is -1.28. The lowest BCUT2D eigenvalue weighted by Gasteiger charge is -2.10. The first kappa shape index (κ1) is 24.7. The number of phenols is 1. The number of aliphatic carboxylic acids is 1. The molecule has 0 radical (unpaired) electrons. The Morgan fingerprint density at radius 3 is 2.33 bits per heavy atom. The second-order valence-corrected chi connectivity index (χ2v) is 8.83. The summed E-state index contributed by atoms with van der Waals surface area (Å²) in [4.78, 5) is 37.2. The third-order valence-electron chi connectivity index (χ3n) is 5.40. The van der Waals surface area contributed by atoms with Gasteiger partial charge in [0.2, 0.25) is 0 Å². The fraction of sp³-hybridized carbons (Fsp3) is 0.0357. The van der Waals surface area contributed by atoms with Gasteiger partial charge in [0.25, 0.3) is 11.8 Å². The van der Waals surface area contributed by atoms with Crippen LogP contribution in [0, 0.1) is 0 Å². The van der Waals surface area contributed by atoms with E-state index in [0.29, 0.717) is 15.6 Å². The lowest BCUT2D eigenvalue weighted by Crippen LogP contribution is -2.28. The van der Waals surface area contributed by atoms with Gasteiger partial charge in [0.05, 0.1) is 5.56 Å². The SMILES string of the molecule is O=C(O)/C(=C/c1ccc2ccccc2c1)NC(=O)c1ccc(C(=O)NCc2cccc(O)c2)cc1Br. The van der Waals surface area contributed by atoms with Crippen LogP contribution in [0.25, 0.3) is 16.8 Å². The van der Waals surface area contributed by atoms with Crippen LogP contribution in [0.4, 0.5) is 0 Å². The van der Waals surface area contributed by atoms with E-state index in [1.54, 1.807) is 30.3 Å². The molecule has 2 amide bonds. The molecule has 8 heteroatoms. The molecule has 0 aliphatic carbocycles. The van der Waals surface area contributed by atoms with Crippen LogP contribution in [0.5, 0.6) is 5.75 Å². The molecule has 0 atom stereocenters. The van der Waals surface area contributed by atoms with Crippen LogP contribution in [-0.4, -0.2) is 28.0 Å². The average Bonchev–Trinajstić information content (AvgIpc) is 2.86. The molecule has 4 aromatic rings. The quantitative estimate of drug-likeness (QED) is 0.242. The Bertz CT molecular complexity index is 1510. The van der Waals surface area contributed by atoms with Gasteiger partial charge in [0, 0.05) is 16.6 Å². The molecule has 36 heavy (non-hydrogen) atoms. The molecule has 0 aliphatic rings. The van der Waals surface area contributed by atoms with E-state index in [2.05, 4.69) is 26.6 Å². The molecule has 0 aliphatic heterocycles. The number of nitrogens with one attached hydrogen (secondary N) is 2. The van der Waals surface area contributed by atoms with Gasteiger partial charge in [-0.1, -0.05) is 48.5 Å². The maximum absolute atomic E-state index is 12.8. The molecule has 0 bridgehead atoms. The van der Waals surface area contributed by atoms with Crippen LogP contribution in [-0.2, 0) is 11.3 Å². The molecule has 0 saturated heterocycles. The van der Waals surface area contributed by atoms with E-state index in [1.165, 1.54) is 24.3 Å². The van der Waals surface area contributed by atoms with Gasteiger partial charge in [-0.2, -0.15) is 0 Å². The normalized spacial score (nSPS) is 11.2. The lowest BCUT2D eigenvalue weighted by molar-refractivity contribution is -0.132. The third-order valence-corrected chi connectivity index (χ3v) is 6.06. The van der Waals surface area contributed by atoms with E-state index in [0.717, 1.165) is 16.3 Å². The van der Waals surface area contributed by atoms with Crippen LogP contribution in [0.2, 0.25) is 0 Å². The molecule has 0 aromatic heterocycles. The van der Waals surface area contributed by atoms with Gasteiger partial charge in [-0.05, 0) is 80.3 Å². The number of halogens is 1. The number of hydrogen-bond donors (Lipinski definition) is 4. The Hall–Kier alpha value is -4.43. The predicted molar refractivity (Wildman–Crippen MR) is 140 cm³/mol. The summed E-state index contributed by atoms with van der Waals surface area (Å²) in [6.07, 6.45) is 1.39. The summed E-state index contributed by atoms with van der Waals surface area (Å²) in [6, 6.07) is 24.1. The number of carboxylic acids is 1. The van der Waals surface area contributed by atoms with Crippen molar-refractivity contribution in [2.24, 2.45) is 0 Å². The second kappa shape index (κ2) is 10.9. The van der Waals surface area contributed by atoms with Crippen LogP contribution in [0.1, 0.15) is 31.8 Å². The van der Waals surface area contributed by atoms with E-state index >= 15 is 0 Å². The molecule has 180 valence electrons. The van der Waals surface area contributed by atoms with E-state index in [4.69, 9.17) is 0 Å². The average molecular weight is 545 g/mol. The number of carboxylic acid groups (broad SMARTS) is 1. The van der Waals surface area contributed by atoms with E-state index < -0.39 is 11.9 Å².